The standard InChI is InChI=1S/C21H21F2N5O2/c1-20-11-15(8-13(25-20)10-21(20,22)23)30-19-5-4-17(26-27-19)16-3-2-14(9-18(16)29)28-7-6-24-12-28/h2-7,9,12-13,15,25,29H,8,10-11H2,1H3/t13?,15-,20-/m0/s1. The fourth-order valence-electron chi connectivity index (χ4n) is 4.44. The average Bonchev–Trinajstić information content (AvgIpc) is 3.27. The van der Waals surface area contributed by atoms with Crippen molar-refractivity contribution < 1.29 is 18.6 Å². The summed E-state index contributed by atoms with van der Waals surface area (Å²) in [7, 11) is 0. The van der Waals surface area contributed by atoms with E-state index in [9.17, 15) is 13.9 Å². The van der Waals surface area contributed by atoms with Crippen molar-refractivity contribution >= 4 is 0 Å². The molecule has 7 nitrogen and oxygen atoms in total. The fourth-order valence-corrected chi connectivity index (χ4v) is 4.44. The van der Waals surface area contributed by atoms with Crippen LogP contribution in [0, 0.1) is 0 Å². The highest BCUT2D eigenvalue weighted by Gasteiger charge is 2.61. The van der Waals surface area contributed by atoms with Gasteiger partial charge in [-0.1, -0.05) is 0 Å². The number of ether oxygens (including phenoxy) is 1. The number of rotatable bonds is 4. The van der Waals surface area contributed by atoms with Crippen LogP contribution in [0.4, 0.5) is 8.78 Å². The number of halogens is 2. The molecule has 0 radical (unpaired) electrons. The third-order valence-corrected chi connectivity index (χ3v) is 6.00. The van der Waals surface area contributed by atoms with Crippen molar-refractivity contribution in [1.82, 2.24) is 25.1 Å². The maximum atomic E-state index is 14.2. The molecule has 3 aromatic rings. The van der Waals surface area contributed by atoms with Gasteiger partial charge in [-0.25, -0.2) is 13.8 Å². The van der Waals surface area contributed by atoms with Crippen molar-refractivity contribution in [3.05, 3.63) is 49.1 Å². The molecule has 1 aromatic carbocycles. The molecule has 9 heteroatoms. The Labute approximate surface area is 171 Å². The second-order valence-corrected chi connectivity index (χ2v) is 8.19. The van der Waals surface area contributed by atoms with Gasteiger partial charge in [0.2, 0.25) is 5.88 Å². The molecule has 3 atom stereocenters. The lowest BCUT2D eigenvalue weighted by Crippen LogP contribution is -2.56. The van der Waals surface area contributed by atoms with Gasteiger partial charge in [-0.2, -0.15) is 0 Å². The summed E-state index contributed by atoms with van der Waals surface area (Å²) in [5.41, 5.74) is 0.537. The first kappa shape index (κ1) is 18.9. The molecule has 156 valence electrons. The summed E-state index contributed by atoms with van der Waals surface area (Å²) in [5.74, 6) is -2.40. The number of hydrogen-bond acceptors (Lipinski definition) is 6. The van der Waals surface area contributed by atoms with Crippen molar-refractivity contribution in [2.75, 3.05) is 0 Å². The van der Waals surface area contributed by atoms with Crippen LogP contribution in [0.15, 0.2) is 49.1 Å². The minimum Gasteiger partial charge on any atom is -0.507 e. The third-order valence-electron chi connectivity index (χ3n) is 6.00. The molecule has 1 unspecified atom stereocenters. The summed E-state index contributed by atoms with van der Waals surface area (Å²) in [6.45, 7) is 1.55. The van der Waals surface area contributed by atoms with E-state index in [0.29, 0.717) is 17.7 Å². The SMILES string of the molecule is C[C@]12C[C@@H](Oc3ccc(-c4ccc(-n5ccnc5)cc4O)nn3)CC(CC1(F)F)N2. The maximum absolute atomic E-state index is 14.2. The molecule has 2 aromatic heterocycles. The quantitative estimate of drug-likeness (QED) is 0.683. The number of imidazole rings is 1. The number of phenolic OH excluding ortho intramolecular Hbond substituents is 1. The Morgan fingerprint density at radius 2 is 2.07 bits per heavy atom. The van der Waals surface area contributed by atoms with Crippen molar-refractivity contribution in [2.24, 2.45) is 0 Å². The molecule has 2 saturated heterocycles. The normalized spacial score (nSPS) is 27.2. The molecule has 4 heterocycles. The number of piperidine rings is 1. The van der Waals surface area contributed by atoms with Gasteiger partial charge >= 0.3 is 0 Å². The van der Waals surface area contributed by atoms with Crippen LogP contribution in [-0.2, 0) is 0 Å². The highest BCUT2D eigenvalue weighted by atomic mass is 19.3. The molecular weight excluding hydrogens is 392 g/mol. The van der Waals surface area contributed by atoms with Crippen molar-refractivity contribution in [1.29, 1.82) is 0 Å². The van der Waals surface area contributed by atoms with Gasteiger partial charge in [-0.15, -0.1) is 10.2 Å². The summed E-state index contributed by atoms with van der Waals surface area (Å²) in [4.78, 5) is 3.99. The Morgan fingerprint density at radius 3 is 2.73 bits per heavy atom. The summed E-state index contributed by atoms with van der Waals surface area (Å²) >= 11 is 0. The van der Waals surface area contributed by atoms with E-state index in [0.717, 1.165) is 5.69 Å². The predicted molar refractivity (Wildman–Crippen MR) is 105 cm³/mol. The zero-order valence-corrected chi connectivity index (χ0v) is 16.3. The lowest BCUT2D eigenvalue weighted by molar-refractivity contribution is -0.0658. The molecule has 2 bridgehead atoms. The van der Waals surface area contributed by atoms with Crippen LogP contribution >= 0.6 is 0 Å². The Morgan fingerprint density at radius 1 is 1.20 bits per heavy atom. The van der Waals surface area contributed by atoms with Crippen molar-refractivity contribution in [3.63, 3.8) is 0 Å². The van der Waals surface area contributed by atoms with Gasteiger partial charge in [0, 0.05) is 49.0 Å². The highest BCUT2D eigenvalue weighted by Crippen LogP contribution is 2.47. The number of alkyl halides is 2. The monoisotopic (exact) mass is 413 g/mol. The number of fused-ring (bicyclic) bond motifs is 2. The molecule has 2 N–H and O–H groups in total. The number of aromatic nitrogens is 4. The van der Waals surface area contributed by atoms with Gasteiger partial charge in [0.05, 0.1) is 23.2 Å². The lowest BCUT2D eigenvalue weighted by atomic mass is 9.88. The lowest BCUT2D eigenvalue weighted by Gasteiger charge is -2.37. The Balaban J connectivity index is 1.31. The van der Waals surface area contributed by atoms with Crippen LogP contribution in [0.5, 0.6) is 11.6 Å². The zero-order valence-electron chi connectivity index (χ0n) is 16.3. The molecule has 5 rings (SSSR count). The van der Waals surface area contributed by atoms with Crippen LogP contribution in [0.1, 0.15) is 26.2 Å². The van der Waals surface area contributed by atoms with E-state index in [1.165, 1.54) is 0 Å². The van der Waals surface area contributed by atoms with Gasteiger partial charge in [-0.05, 0) is 31.5 Å². The number of hydrogen-bond donors (Lipinski definition) is 2. The van der Waals surface area contributed by atoms with E-state index in [1.807, 2.05) is 6.07 Å². The van der Waals surface area contributed by atoms with Crippen molar-refractivity contribution in [2.45, 2.75) is 49.8 Å². The summed E-state index contributed by atoms with van der Waals surface area (Å²) in [5, 5.41) is 21.7. The van der Waals surface area contributed by atoms with Gasteiger partial charge < -0.3 is 19.7 Å². The molecule has 0 aliphatic carbocycles. The minimum atomic E-state index is -2.74. The second-order valence-electron chi connectivity index (χ2n) is 8.19. The number of nitrogens with one attached hydrogen (secondary N) is 1. The van der Waals surface area contributed by atoms with E-state index < -0.39 is 11.5 Å². The molecule has 2 fully saturated rings. The largest absolute Gasteiger partial charge is 0.507 e. The van der Waals surface area contributed by atoms with E-state index in [1.54, 1.807) is 54.5 Å². The molecule has 0 saturated carbocycles. The first-order chi connectivity index (χ1) is 14.3. The topological polar surface area (TPSA) is 85.1 Å². The summed E-state index contributed by atoms with van der Waals surface area (Å²) in [6.07, 6.45) is 5.28. The van der Waals surface area contributed by atoms with E-state index >= 15 is 0 Å². The van der Waals surface area contributed by atoms with E-state index in [-0.39, 0.29) is 36.6 Å². The van der Waals surface area contributed by atoms with Gasteiger partial charge in [-0.3, -0.25) is 0 Å². The van der Waals surface area contributed by atoms with Crippen molar-refractivity contribution in [3.8, 4) is 28.6 Å². The molecule has 30 heavy (non-hydrogen) atoms. The molecule has 2 aliphatic rings. The number of phenols is 1. The highest BCUT2D eigenvalue weighted by molar-refractivity contribution is 5.68. The fraction of sp³-hybridized carbons (Fsp3) is 0.381. The number of benzene rings is 1. The summed E-state index contributed by atoms with van der Waals surface area (Å²) in [6, 6.07) is 8.30. The van der Waals surface area contributed by atoms with E-state index in [2.05, 4.69) is 20.5 Å². The Hall–Kier alpha value is -3.07. The second kappa shape index (κ2) is 6.73. The Bertz CT molecular complexity index is 1060. The van der Waals surface area contributed by atoms with Gasteiger partial charge in [0.25, 0.3) is 5.92 Å². The van der Waals surface area contributed by atoms with Gasteiger partial charge in [0.15, 0.2) is 0 Å². The van der Waals surface area contributed by atoms with Crippen LogP contribution in [-0.4, -0.2) is 48.5 Å². The molecule has 2 aliphatic heterocycles. The predicted octanol–water partition coefficient (Wildman–Crippen LogP) is 3.33. The number of nitrogens with zero attached hydrogens (tertiary/aromatic N) is 4. The van der Waals surface area contributed by atoms with Crippen LogP contribution in [0.3, 0.4) is 0 Å². The third kappa shape index (κ3) is 3.19. The average molecular weight is 413 g/mol. The summed E-state index contributed by atoms with van der Waals surface area (Å²) < 4.78 is 36.1. The number of aromatic hydroxyl groups is 1. The smallest absolute Gasteiger partial charge is 0.267 e. The molecule has 0 amide bonds. The Kier molecular flexibility index (Phi) is 4.25. The van der Waals surface area contributed by atoms with Crippen LogP contribution < -0.4 is 10.1 Å². The first-order valence-electron chi connectivity index (χ1n) is 9.81. The van der Waals surface area contributed by atoms with Gasteiger partial charge in [0.1, 0.15) is 11.9 Å². The van der Waals surface area contributed by atoms with E-state index in [4.69, 9.17) is 4.74 Å². The first-order valence-corrected chi connectivity index (χ1v) is 9.81. The molecule has 0 spiro atoms. The zero-order chi connectivity index (χ0) is 20.9. The maximum Gasteiger partial charge on any atom is 0.267 e. The minimum absolute atomic E-state index is 0.0641. The molecular formula is C21H21F2N5O2. The van der Waals surface area contributed by atoms with Crippen LogP contribution in [0.25, 0.3) is 16.9 Å². The van der Waals surface area contributed by atoms with Crippen LogP contribution in [0.2, 0.25) is 0 Å².